The van der Waals surface area contributed by atoms with Crippen LogP contribution in [0.5, 0.6) is 0 Å². The van der Waals surface area contributed by atoms with Crippen molar-refractivity contribution in [3.05, 3.63) is 30.1 Å². The van der Waals surface area contributed by atoms with Crippen LogP contribution in [0.15, 0.2) is 24.3 Å². The highest BCUT2D eigenvalue weighted by molar-refractivity contribution is 6.09. The zero-order chi connectivity index (χ0) is 19.4. The maximum Gasteiger partial charge on any atom is 0.308 e. The fourth-order valence-electron chi connectivity index (χ4n) is 4.04. The van der Waals surface area contributed by atoms with E-state index in [2.05, 4.69) is 5.32 Å². The molecule has 2 amide bonds. The third-order valence-corrected chi connectivity index (χ3v) is 5.57. The lowest BCUT2D eigenvalue weighted by Gasteiger charge is -2.28. The number of amides is 2. The van der Waals surface area contributed by atoms with E-state index in [1.807, 2.05) is 0 Å². The Balaban J connectivity index is 1.67. The molecule has 1 aliphatic carbocycles. The van der Waals surface area contributed by atoms with Gasteiger partial charge in [-0.1, -0.05) is 25.7 Å². The fraction of sp³-hybridized carbons (Fsp3) is 0.550. The van der Waals surface area contributed by atoms with Gasteiger partial charge in [0.05, 0.1) is 5.92 Å². The minimum absolute atomic E-state index is 0.322. The predicted molar refractivity (Wildman–Crippen MR) is 97.6 cm³/mol. The monoisotopic (exact) mass is 376 g/mol. The zero-order valence-electron chi connectivity index (χ0n) is 15.2. The largest absolute Gasteiger partial charge is 0.481 e. The van der Waals surface area contributed by atoms with Crippen LogP contribution in [-0.4, -0.2) is 35.5 Å². The number of halogens is 1. The van der Waals surface area contributed by atoms with Gasteiger partial charge in [-0.05, 0) is 43.5 Å². The van der Waals surface area contributed by atoms with Gasteiger partial charge >= 0.3 is 5.97 Å². The lowest BCUT2D eigenvalue weighted by atomic mass is 9.86. The van der Waals surface area contributed by atoms with E-state index in [-0.39, 0.29) is 11.7 Å². The Morgan fingerprint density at radius 1 is 1.04 bits per heavy atom. The quantitative estimate of drug-likeness (QED) is 0.791. The zero-order valence-corrected chi connectivity index (χ0v) is 15.2. The van der Waals surface area contributed by atoms with Gasteiger partial charge in [-0.15, -0.1) is 0 Å². The van der Waals surface area contributed by atoms with E-state index in [9.17, 15) is 23.9 Å². The van der Waals surface area contributed by atoms with E-state index in [1.165, 1.54) is 29.2 Å². The first kappa shape index (κ1) is 19.3. The number of rotatable bonds is 4. The van der Waals surface area contributed by atoms with Gasteiger partial charge in [-0.25, -0.2) is 4.39 Å². The molecule has 1 aliphatic heterocycles. The van der Waals surface area contributed by atoms with Crippen molar-refractivity contribution in [1.82, 2.24) is 5.32 Å². The van der Waals surface area contributed by atoms with Crippen LogP contribution >= 0.6 is 0 Å². The summed E-state index contributed by atoms with van der Waals surface area (Å²) in [4.78, 5) is 38.5. The number of aliphatic carboxylic acids is 1. The van der Waals surface area contributed by atoms with Crippen molar-refractivity contribution in [2.45, 2.75) is 51.0 Å². The van der Waals surface area contributed by atoms with E-state index in [0.29, 0.717) is 31.5 Å². The van der Waals surface area contributed by atoms with Crippen LogP contribution in [0.4, 0.5) is 10.1 Å². The van der Waals surface area contributed by atoms with Gasteiger partial charge in [0.25, 0.3) is 0 Å². The summed E-state index contributed by atoms with van der Waals surface area (Å²) in [7, 11) is 0. The third kappa shape index (κ3) is 4.46. The maximum atomic E-state index is 13.1. The van der Waals surface area contributed by atoms with Crippen molar-refractivity contribution in [2.24, 2.45) is 11.8 Å². The minimum Gasteiger partial charge on any atom is -0.481 e. The molecule has 1 aromatic rings. The predicted octanol–water partition coefficient (Wildman–Crippen LogP) is 2.72. The van der Waals surface area contributed by atoms with Crippen LogP contribution in [0, 0.1) is 17.7 Å². The number of hydrogen-bond donors (Lipinski definition) is 2. The summed E-state index contributed by atoms with van der Waals surface area (Å²) < 4.78 is 13.1. The number of hydrogen-bond acceptors (Lipinski definition) is 3. The number of anilines is 1. The smallest absolute Gasteiger partial charge is 0.308 e. The van der Waals surface area contributed by atoms with Crippen molar-refractivity contribution in [1.29, 1.82) is 0 Å². The summed E-state index contributed by atoms with van der Waals surface area (Å²) in [5.41, 5.74) is 0.561. The molecule has 1 saturated carbocycles. The van der Waals surface area contributed by atoms with Crippen LogP contribution < -0.4 is 10.2 Å². The number of carboxylic acid groups (broad SMARTS) is 1. The second-order valence-corrected chi connectivity index (χ2v) is 7.36. The summed E-state index contributed by atoms with van der Waals surface area (Å²) in [5, 5.41) is 12.4. The van der Waals surface area contributed by atoms with Crippen molar-refractivity contribution in [3.63, 3.8) is 0 Å². The summed E-state index contributed by atoms with van der Waals surface area (Å²) in [6.45, 7) is 0.385. The van der Waals surface area contributed by atoms with Crippen molar-refractivity contribution in [3.8, 4) is 0 Å². The molecular formula is C20H25FN2O4. The highest BCUT2D eigenvalue weighted by Crippen LogP contribution is 2.27. The van der Waals surface area contributed by atoms with Crippen LogP contribution in [0.25, 0.3) is 0 Å². The third-order valence-electron chi connectivity index (χ3n) is 5.57. The average molecular weight is 376 g/mol. The second kappa shape index (κ2) is 8.50. The van der Waals surface area contributed by atoms with Gasteiger partial charge < -0.3 is 15.3 Å². The SMILES string of the molecule is O=C(NC1CCCCCCC1C(=O)O)C1CCN(c2ccc(F)cc2)C1=O. The molecule has 146 valence electrons. The second-order valence-electron chi connectivity index (χ2n) is 7.36. The molecule has 1 saturated heterocycles. The Morgan fingerprint density at radius 2 is 1.70 bits per heavy atom. The normalized spacial score (nSPS) is 26.3. The molecule has 3 rings (SSSR count). The Labute approximate surface area is 157 Å². The molecule has 2 aliphatic rings. The number of nitrogens with one attached hydrogen (secondary N) is 1. The first-order valence-electron chi connectivity index (χ1n) is 9.57. The molecule has 3 atom stereocenters. The number of carboxylic acids is 1. The Morgan fingerprint density at radius 3 is 2.37 bits per heavy atom. The maximum absolute atomic E-state index is 13.1. The van der Waals surface area contributed by atoms with Gasteiger partial charge in [0, 0.05) is 18.3 Å². The van der Waals surface area contributed by atoms with Crippen LogP contribution in [0.2, 0.25) is 0 Å². The molecule has 0 aromatic heterocycles. The molecule has 1 heterocycles. The molecule has 7 heteroatoms. The molecule has 0 radical (unpaired) electrons. The first-order chi connectivity index (χ1) is 13.0. The Bertz CT molecular complexity index is 706. The molecular weight excluding hydrogens is 351 g/mol. The van der Waals surface area contributed by atoms with Crippen molar-refractivity contribution in [2.75, 3.05) is 11.4 Å². The molecule has 0 bridgehead atoms. The summed E-state index contributed by atoms with van der Waals surface area (Å²) in [6.07, 6.45) is 5.27. The molecule has 0 spiro atoms. The fourth-order valence-corrected chi connectivity index (χ4v) is 4.04. The summed E-state index contributed by atoms with van der Waals surface area (Å²) in [6, 6.07) is 5.15. The van der Waals surface area contributed by atoms with Crippen LogP contribution in [0.1, 0.15) is 44.9 Å². The summed E-state index contributed by atoms with van der Waals surface area (Å²) >= 11 is 0. The molecule has 1 aromatic carbocycles. The standard InChI is InChI=1S/C20H25FN2O4/c21-13-7-9-14(10-8-13)23-12-11-16(19(23)25)18(24)22-17-6-4-2-1-3-5-15(17)20(26)27/h7-10,15-17H,1-6,11-12H2,(H,22,24)(H,26,27). The number of carbonyl (C=O) groups excluding carboxylic acids is 2. The van der Waals surface area contributed by atoms with Gasteiger partial charge in [0.1, 0.15) is 11.7 Å². The molecule has 2 fully saturated rings. The van der Waals surface area contributed by atoms with E-state index in [4.69, 9.17) is 0 Å². The lowest BCUT2D eigenvalue weighted by Crippen LogP contribution is -2.47. The highest BCUT2D eigenvalue weighted by Gasteiger charge is 2.39. The molecule has 6 nitrogen and oxygen atoms in total. The van der Waals surface area contributed by atoms with E-state index in [0.717, 1.165) is 25.7 Å². The first-order valence-corrected chi connectivity index (χ1v) is 9.57. The molecule has 2 N–H and O–H groups in total. The molecule has 3 unspecified atom stereocenters. The molecule has 27 heavy (non-hydrogen) atoms. The Hall–Kier alpha value is -2.44. The van der Waals surface area contributed by atoms with Gasteiger partial charge in [-0.3, -0.25) is 14.4 Å². The average Bonchev–Trinajstić information content (AvgIpc) is 2.99. The lowest BCUT2D eigenvalue weighted by molar-refractivity contribution is -0.143. The summed E-state index contributed by atoms with van der Waals surface area (Å²) in [5.74, 6) is -3.44. The van der Waals surface area contributed by atoms with Crippen LogP contribution in [-0.2, 0) is 14.4 Å². The minimum atomic E-state index is -0.895. The highest BCUT2D eigenvalue weighted by atomic mass is 19.1. The van der Waals surface area contributed by atoms with E-state index < -0.39 is 29.8 Å². The van der Waals surface area contributed by atoms with E-state index >= 15 is 0 Å². The number of benzene rings is 1. The van der Waals surface area contributed by atoms with E-state index in [1.54, 1.807) is 0 Å². The van der Waals surface area contributed by atoms with Gasteiger partial charge in [0.2, 0.25) is 11.8 Å². The van der Waals surface area contributed by atoms with Gasteiger partial charge in [-0.2, -0.15) is 0 Å². The van der Waals surface area contributed by atoms with Gasteiger partial charge in [0.15, 0.2) is 0 Å². The number of nitrogens with zero attached hydrogens (tertiary/aromatic N) is 1. The van der Waals surface area contributed by atoms with Crippen molar-refractivity contribution >= 4 is 23.5 Å². The van der Waals surface area contributed by atoms with Crippen LogP contribution in [0.3, 0.4) is 0 Å². The Kier molecular flexibility index (Phi) is 6.08. The number of carbonyl (C=O) groups is 3. The van der Waals surface area contributed by atoms with Crippen molar-refractivity contribution < 1.29 is 23.9 Å². The topological polar surface area (TPSA) is 86.7 Å².